The number of rotatable bonds is 6. The summed E-state index contributed by atoms with van der Waals surface area (Å²) >= 11 is 1.35. The highest BCUT2D eigenvalue weighted by Gasteiger charge is 2.14. The molecule has 24 heavy (non-hydrogen) atoms. The van der Waals surface area contributed by atoms with E-state index in [2.05, 4.69) is 55.5 Å². The van der Waals surface area contributed by atoms with Crippen LogP contribution in [0.3, 0.4) is 0 Å². The molecule has 0 spiro atoms. The van der Waals surface area contributed by atoms with E-state index in [1.54, 1.807) is 4.68 Å². The van der Waals surface area contributed by atoms with E-state index in [-0.39, 0.29) is 17.1 Å². The van der Waals surface area contributed by atoms with E-state index in [4.69, 9.17) is 0 Å². The standard InChI is InChI=1S/C17H25N5OS/c1-12(2)10-22-16(19-20-21-22)24-11-15(23)18-14-8-6-13(7-9-14)17(3,4)5/h6-9,12H,10-11H2,1-5H3,(H,18,23). The third-order valence-electron chi connectivity index (χ3n) is 3.40. The summed E-state index contributed by atoms with van der Waals surface area (Å²) in [6.07, 6.45) is 0. The molecule has 1 amide bonds. The van der Waals surface area contributed by atoms with Crippen molar-refractivity contribution in [1.82, 2.24) is 20.2 Å². The monoisotopic (exact) mass is 347 g/mol. The second-order valence-corrected chi connectivity index (χ2v) is 8.14. The van der Waals surface area contributed by atoms with Crippen LogP contribution in [0, 0.1) is 5.92 Å². The van der Waals surface area contributed by atoms with Crippen LogP contribution in [0.1, 0.15) is 40.2 Å². The summed E-state index contributed by atoms with van der Waals surface area (Å²) in [5, 5.41) is 15.2. The number of hydrogen-bond donors (Lipinski definition) is 1. The molecule has 7 heteroatoms. The Bertz CT molecular complexity index is 673. The summed E-state index contributed by atoms with van der Waals surface area (Å²) in [5.41, 5.74) is 2.14. The zero-order chi connectivity index (χ0) is 17.7. The Balaban J connectivity index is 1.89. The largest absolute Gasteiger partial charge is 0.325 e. The maximum absolute atomic E-state index is 12.1. The molecule has 1 N–H and O–H groups in total. The highest BCUT2D eigenvalue weighted by molar-refractivity contribution is 7.99. The van der Waals surface area contributed by atoms with Gasteiger partial charge in [-0.1, -0.05) is 58.5 Å². The summed E-state index contributed by atoms with van der Waals surface area (Å²) in [7, 11) is 0. The molecular weight excluding hydrogens is 322 g/mol. The highest BCUT2D eigenvalue weighted by atomic mass is 32.2. The van der Waals surface area contributed by atoms with Crippen molar-refractivity contribution in [3.63, 3.8) is 0 Å². The van der Waals surface area contributed by atoms with Crippen molar-refractivity contribution < 1.29 is 4.79 Å². The predicted molar refractivity (Wildman–Crippen MR) is 97.2 cm³/mol. The van der Waals surface area contributed by atoms with Crippen molar-refractivity contribution in [1.29, 1.82) is 0 Å². The Morgan fingerprint density at radius 3 is 2.50 bits per heavy atom. The summed E-state index contributed by atoms with van der Waals surface area (Å²) in [6.45, 7) is 11.4. The molecule has 0 bridgehead atoms. The number of tetrazole rings is 1. The molecule has 1 aromatic carbocycles. The lowest BCUT2D eigenvalue weighted by molar-refractivity contribution is -0.113. The third-order valence-corrected chi connectivity index (χ3v) is 4.36. The first-order valence-electron chi connectivity index (χ1n) is 8.05. The van der Waals surface area contributed by atoms with Crippen LogP contribution in [0.25, 0.3) is 0 Å². The van der Waals surface area contributed by atoms with E-state index < -0.39 is 0 Å². The lowest BCUT2D eigenvalue weighted by atomic mass is 9.87. The number of carbonyl (C=O) groups is 1. The van der Waals surface area contributed by atoms with E-state index in [1.165, 1.54) is 17.3 Å². The molecule has 0 atom stereocenters. The average Bonchev–Trinajstić information content (AvgIpc) is 2.91. The number of benzene rings is 1. The second-order valence-electron chi connectivity index (χ2n) is 7.20. The van der Waals surface area contributed by atoms with Crippen LogP contribution in [0.5, 0.6) is 0 Å². The molecule has 0 radical (unpaired) electrons. The first-order chi connectivity index (χ1) is 11.3. The summed E-state index contributed by atoms with van der Waals surface area (Å²) in [6, 6.07) is 7.97. The van der Waals surface area contributed by atoms with Gasteiger partial charge in [0.05, 0.1) is 5.75 Å². The topological polar surface area (TPSA) is 72.7 Å². The Morgan fingerprint density at radius 1 is 1.25 bits per heavy atom. The van der Waals surface area contributed by atoms with Crippen molar-refractivity contribution >= 4 is 23.4 Å². The van der Waals surface area contributed by atoms with Crippen molar-refractivity contribution in [3.05, 3.63) is 29.8 Å². The molecule has 0 saturated carbocycles. The maximum Gasteiger partial charge on any atom is 0.234 e. The van der Waals surface area contributed by atoms with Crippen LogP contribution in [0.4, 0.5) is 5.69 Å². The minimum absolute atomic E-state index is 0.0670. The SMILES string of the molecule is CC(C)Cn1nnnc1SCC(=O)Nc1ccc(C(C)(C)C)cc1. The van der Waals surface area contributed by atoms with Crippen molar-refractivity contribution in [2.75, 3.05) is 11.1 Å². The van der Waals surface area contributed by atoms with Crippen LogP contribution >= 0.6 is 11.8 Å². The fourth-order valence-electron chi connectivity index (χ4n) is 2.14. The van der Waals surface area contributed by atoms with Gasteiger partial charge in [-0.25, -0.2) is 4.68 Å². The van der Waals surface area contributed by atoms with Gasteiger partial charge >= 0.3 is 0 Å². The molecule has 0 aliphatic rings. The Hall–Kier alpha value is -1.89. The van der Waals surface area contributed by atoms with Crippen molar-refractivity contribution in [3.8, 4) is 0 Å². The fourth-order valence-corrected chi connectivity index (χ4v) is 2.83. The zero-order valence-corrected chi connectivity index (χ0v) is 15.7. The molecule has 2 rings (SSSR count). The van der Waals surface area contributed by atoms with Gasteiger partial charge in [-0.2, -0.15) is 0 Å². The van der Waals surface area contributed by atoms with E-state index in [0.29, 0.717) is 11.1 Å². The van der Waals surface area contributed by atoms with Crippen LogP contribution in [0.2, 0.25) is 0 Å². The fraction of sp³-hybridized carbons (Fsp3) is 0.529. The quantitative estimate of drug-likeness (QED) is 0.811. The molecule has 0 unspecified atom stereocenters. The summed E-state index contributed by atoms with van der Waals surface area (Å²) < 4.78 is 1.74. The third kappa shape index (κ3) is 5.33. The molecule has 1 aromatic heterocycles. The summed E-state index contributed by atoms with van der Waals surface area (Å²) in [5.74, 6) is 0.657. The molecule has 6 nitrogen and oxygen atoms in total. The predicted octanol–water partition coefficient (Wildman–Crippen LogP) is 3.36. The Labute approximate surface area is 147 Å². The number of nitrogens with one attached hydrogen (secondary N) is 1. The van der Waals surface area contributed by atoms with Crippen LogP contribution < -0.4 is 5.32 Å². The van der Waals surface area contributed by atoms with Gasteiger partial charge in [0, 0.05) is 12.2 Å². The number of aromatic nitrogens is 4. The minimum Gasteiger partial charge on any atom is -0.325 e. The molecule has 0 aliphatic carbocycles. The van der Waals surface area contributed by atoms with Gasteiger partial charge in [0.2, 0.25) is 11.1 Å². The van der Waals surface area contributed by atoms with E-state index in [0.717, 1.165) is 12.2 Å². The lowest BCUT2D eigenvalue weighted by Gasteiger charge is -2.19. The van der Waals surface area contributed by atoms with E-state index >= 15 is 0 Å². The summed E-state index contributed by atoms with van der Waals surface area (Å²) in [4.78, 5) is 12.1. The Morgan fingerprint density at radius 2 is 1.92 bits per heavy atom. The first-order valence-corrected chi connectivity index (χ1v) is 9.03. The van der Waals surface area contributed by atoms with Gasteiger partial charge in [-0.3, -0.25) is 4.79 Å². The smallest absolute Gasteiger partial charge is 0.234 e. The maximum atomic E-state index is 12.1. The normalized spacial score (nSPS) is 11.8. The highest BCUT2D eigenvalue weighted by Crippen LogP contribution is 2.23. The Kier molecular flexibility index (Phi) is 5.99. The molecule has 1 heterocycles. The van der Waals surface area contributed by atoms with E-state index in [1.807, 2.05) is 24.3 Å². The minimum atomic E-state index is -0.0670. The molecule has 130 valence electrons. The molecule has 2 aromatic rings. The van der Waals surface area contributed by atoms with E-state index in [9.17, 15) is 4.79 Å². The molecule has 0 saturated heterocycles. The number of nitrogens with zero attached hydrogens (tertiary/aromatic N) is 4. The van der Waals surface area contributed by atoms with Gasteiger partial charge in [-0.05, 0) is 39.5 Å². The van der Waals surface area contributed by atoms with Crippen LogP contribution in [-0.2, 0) is 16.8 Å². The van der Waals surface area contributed by atoms with Crippen molar-refractivity contribution in [2.24, 2.45) is 5.92 Å². The second kappa shape index (κ2) is 7.79. The van der Waals surface area contributed by atoms with Gasteiger partial charge in [0.25, 0.3) is 0 Å². The molecule has 0 aliphatic heterocycles. The van der Waals surface area contributed by atoms with Crippen LogP contribution in [-0.4, -0.2) is 31.9 Å². The van der Waals surface area contributed by atoms with Crippen molar-refractivity contribution in [2.45, 2.75) is 51.7 Å². The number of thioether (sulfide) groups is 1. The van der Waals surface area contributed by atoms with Gasteiger partial charge < -0.3 is 5.32 Å². The van der Waals surface area contributed by atoms with Crippen LogP contribution in [0.15, 0.2) is 29.4 Å². The van der Waals surface area contributed by atoms with Gasteiger partial charge in [0.15, 0.2) is 0 Å². The number of carbonyl (C=O) groups excluding carboxylic acids is 1. The van der Waals surface area contributed by atoms with Gasteiger partial charge in [-0.15, -0.1) is 5.10 Å². The zero-order valence-electron chi connectivity index (χ0n) is 14.9. The first kappa shape index (κ1) is 18.4. The van der Waals surface area contributed by atoms with Gasteiger partial charge in [0.1, 0.15) is 0 Å². The molecule has 0 fully saturated rings. The number of anilines is 1. The molecular formula is C17H25N5OS. The lowest BCUT2D eigenvalue weighted by Crippen LogP contribution is -2.16. The average molecular weight is 347 g/mol. The number of hydrogen-bond acceptors (Lipinski definition) is 5. The number of amides is 1.